The maximum atomic E-state index is 14.1. The van der Waals surface area contributed by atoms with Gasteiger partial charge in [0.1, 0.15) is 6.61 Å². The van der Waals surface area contributed by atoms with Crippen LogP contribution < -0.4 is 14.2 Å². The van der Waals surface area contributed by atoms with Crippen LogP contribution in [0.2, 0.25) is 0 Å². The van der Waals surface area contributed by atoms with Gasteiger partial charge in [0.05, 0.1) is 12.8 Å². The van der Waals surface area contributed by atoms with Gasteiger partial charge < -0.3 is 9.47 Å². The van der Waals surface area contributed by atoms with Crippen molar-refractivity contribution in [2.24, 2.45) is 0 Å². The topological polar surface area (TPSA) is 64.6 Å². The zero-order valence-electron chi connectivity index (χ0n) is 13.7. The average Bonchev–Trinajstić information content (AvgIpc) is 2.61. The molecule has 28 heavy (non-hydrogen) atoms. The summed E-state index contributed by atoms with van der Waals surface area (Å²) in [7, 11) is -4.15. The number of anilines is 1. The molecular weight excluding hydrogens is 423 g/mol. The van der Waals surface area contributed by atoms with Crippen LogP contribution in [0.15, 0.2) is 23.1 Å². The normalized spacial score (nSPS) is 11.6. The molecule has 0 fully saturated rings. The van der Waals surface area contributed by atoms with E-state index in [1.807, 2.05) is 0 Å². The lowest BCUT2D eigenvalue weighted by Gasteiger charge is -2.16. The number of alkyl halides is 2. The molecule has 0 saturated heterocycles. The molecule has 0 spiro atoms. The van der Waals surface area contributed by atoms with Gasteiger partial charge in [-0.2, -0.15) is 4.39 Å². The molecule has 154 valence electrons. The van der Waals surface area contributed by atoms with Crippen molar-refractivity contribution in [1.29, 1.82) is 0 Å². The molecule has 0 unspecified atom stereocenters. The van der Waals surface area contributed by atoms with Crippen LogP contribution in [0.1, 0.15) is 0 Å². The summed E-state index contributed by atoms with van der Waals surface area (Å²) in [5.74, 6) is -12.8. The fourth-order valence-electron chi connectivity index (χ4n) is 2.04. The van der Waals surface area contributed by atoms with Gasteiger partial charge >= 0.3 is 0 Å². The summed E-state index contributed by atoms with van der Waals surface area (Å²) < 4.78 is 128. The van der Waals surface area contributed by atoms with Gasteiger partial charge in [0.2, 0.25) is 11.6 Å². The van der Waals surface area contributed by atoms with Crippen LogP contribution in [0.4, 0.5) is 36.4 Å². The molecule has 0 aliphatic heterocycles. The molecule has 2 rings (SSSR count). The lowest BCUT2D eigenvalue weighted by molar-refractivity contribution is 0.0770. The Morgan fingerprint density at radius 1 is 1.00 bits per heavy atom. The SMILES string of the molecule is COc1ccc(NS(=O)(=O)c2c(F)c(F)c(F)c(F)c2OCC(F)F)cc1F. The number of hydrogen-bond acceptors (Lipinski definition) is 4. The minimum atomic E-state index is -5.27. The van der Waals surface area contributed by atoms with E-state index in [9.17, 15) is 39.2 Å². The summed E-state index contributed by atoms with van der Waals surface area (Å²) in [6, 6.07) is 2.51. The van der Waals surface area contributed by atoms with Gasteiger partial charge in [-0.3, -0.25) is 4.72 Å². The largest absolute Gasteiger partial charge is 0.494 e. The number of nitrogens with one attached hydrogen (secondary N) is 1. The molecule has 5 nitrogen and oxygen atoms in total. The monoisotopic (exact) mass is 433 g/mol. The van der Waals surface area contributed by atoms with E-state index in [1.54, 1.807) is 4.72 Å². The number of benzene rings is 2. The molecule has 1 N–H and O–H groups in total. The second-order valence-corrected chi connectivity index (χ2v) is 6.69. The van der Waals surface area contributed by atoms with Crippen molar-refractivity contribution in [3.8, 4) is 11.5 Å². The van der Waals surface area contributed by atoms with Crippen LogP contribution in [0, 0.1) is 29.1 Å². The molecule has 0 amide bonds. The van der Waals surface area contributed by atoms with Gasteiger partial charge in [0, 0.05) is 6.07 Å². The third-order valence-corrected chi connectivity index (χ3v) is 4.62. The van der Waals surface area contributed by atoms with Crippen molar-refractivity contribution in [2.45, 2.75) is 11.3 Å². The standard InChI is InChI=1S/C15H10F7NO4S/c1-26-8-3-2-6(4-7(8)16)23-28(24,25)15-13(22)11(20)10(19)12(21)14(15)27-5-9(17)18/h2-4,9,23H,5H2,1H3. The highest BCUT2D eigenvalue weighted by atomic mass is 32.2. The molecular formula is C15H10F7NO4S. The van der Waals surface area contributed by atoms with Gasteiger partial charge in [-0.1, -0.05) is 0 Å². The highest BCUT2D eigenvalue weighted by Crippen LogP contribution is 2.35. The number of halogens is 7. The van der Waals surface area contributed by atoms with E-state index in [0.717, 1.165) is 19.2 Å². The molecule has 13 heteroatoms. The Kier molecular flexibility index (Phi) is 6.27. The second kappa shape index (κ2) is 8.12. The number of hydrogen-bond donors (Lipinski definition) is 1. The quantitative estimate of drug-likeness (QED) is 0.410. The predicted octanol–water partition coefficient (Wildman–Crippen LogP) is 3.84. The van der Waals surface area contributed by atoms with E-state index in [-0.39, 0.29) is 5.75 Å². The Labute approximate surface area is 153 Å². The van der Waals surface area contributed by atoms with E-state index in [0.29, 0.717) is 6.07 Å². The molecule has 0 atom stereocenters. The number of rotatable bonds is 7. The average molecular weight is 433 g/mol. The second-order valence-electron chi connectivity index (χ2n) is 5.07. The third kappa shape index (κ3) is 4.24. The number of sulfonamides is 1. The van der Waals surface area contributed by atoms with Crippen LogP contribution in [-0.2, 0) is 10.0 Å². The van der Waals surface area contributed by atoms with Crippen molar-refractivity contribution in [3.05, 3.63) is 47.3 Å². The van der Waals surface area contributed by atoms with E-state index in [1.165, 1.54) is 0 Å². The first kappa shape index (κ1) is 21.6. The molecule has 0 aromatic heterocycles. The Hall–Kier alpha value is -2.70. The number of methoxy groups -OCH3 is 1. The Morgan fingerprint density at radius 3 is 2.14 bits per heavy atom. The van der Waals surface area contributed by atoms with Crippen molar-refractivity contribution in [1.82, 2.24) is 0 Å². The maximum Gasteiger partial charge on any atom is 0.272 e. The lowest BCUT2D eigenvalue weighted by atomic mass is 10.3. The van der Waals surface area contributed by atoms with Gasteiger partial charge in [-0.05, 0) is 12.1 Å². The maximum absolute atomic E-state index is 14.1. The van der Waals surface area contributed by atoms with Crippen molar-refractivity contribution in [3.63, 3.8) is 0 Å². The van der Waals surface area contributed by atoms with Gasteiger partial charge in [0.15, 0.2) is 33.8 Å². The van der Waals surface area contributed by atoms with Crippen LogP contribution in [-0.4, -0.2) is 28.6 Å². The van der Waals surface area contributed by atoms with Crippen molar-refractivity contribution >= 4 is 15.7 Å². The molecule has 0 aliphatic carbocycles. The van der Waals surface area contributed by atoms with Crippen LogP contribution >= 0.6 is 0 Å². The van der Waals surface area contributed by atoms with Crippen LogP contribution in [0.25, 0.3) is 0 Å². The number of ether oxygens (including phenoxy) is 2. The smallest absolute Gasteiger partial charge is 0.272 e. The summed E-state index contributed by atoms with van der Waals surface area (Å²) in [4.78, 5) is -1.90. The first-order valence-corrected chi connectivity index (χ1v) is 8.61. The highest BCUT2D eigenvalue weighted by molar-refractivity contribution is 7.92. The lowest BCUT2D eigenvalue weighted by Crippen LogP contribution is -2.20. The van der Waals surface area contributed by atoms with Gasteiger partial charge in [-0.15, -0.1) is 0 Å². The molecule has 0 saturated carbocycles. The zero-order valence-corrected chi connectivity index (χ0v) is 14.5. The highest BCUT2D eigenvalue weighted by Gasteiger charge is 2.35. The third-order valence-electron chi connectivity index (χ3n) is 3.21. The van der Waals surface area contributed by atoms with E-state index in [2.05, 4.69) is 9.47 Å². The Balaban J connectivity index is 2.58. The fraction of sp³-hybridized carbons (Fsp3) is 0.200. The summed E-state index contributed by atoms with van der Waals surface area (Å²) >= 11 is 0. The van der Waals surface area contributed by atoms with E-state index in [4.69, 9.17) is 0 Å². The van der Waals surface area contributed by atoms with E-state index >= 15 is 0 Å². The minimum Gasteiger partial charge on any atom is -0.494 e. The zero-order chi connectivity index (χ0) is 21.2. The van der Waals surface area contributed by atoms with Crippen molar-refractivity contribution < 1.29 is 48.6 Å². The fourth-order valence-corrected chi connectivity index (χ4v) is 3.30. The summed E-state index contributed by atoms with van der Waals surface area (Å²) in [5.41, 5.74) is -0.539. The van der Waals surface area contributed by atoms with Gasteiger partial charge in [-0.25, -0.2) is 34.8 Å². The molecule has 0 heterocycles. The first-order chi connectivity index (χ1) is 13.0. The Bertz CT molecular complexity index is 999. The Morgan fingerprint density at radius 2 is 1.61 bits per heavy atom. The van der Waals surface area contributed by atoms with E-state index < -0.39 is 68.5 Å². The van der Waals surface area contributed by atoms with Gasteiger partial charge in [0.25, 0.3) is 16.4 Å². The minimum absolute atomic E-state index is 0.283. The predicted molar refractivity (Wildman–Crippen MR) is 81.5 cm³/mol. The molecule has 2 aromatic rings. The molecule has 0 aliphatic rings. The summed E-state index contributed by atoms with van der Waals surface area (Å²) in [6.07, 6.45) is -3.27. The van der Waals surface area contributed by atoms with Crippen molar-refractivity contribution in [2.75, 3.05) is 18.4 Å². The molecule has 2 aromatic carbocycles. The molecule has 0 bridgehead atoms. The summed E-state index contributed by atoms with van der Waals surface area (Å²) in [6.45, 7) is -1.64. The van der Waals surface area contributed by atoms with Crippen LogP contribution in [0.3, 0.4) is 0 Å². The molecule has 0 radical (unpaired) electrons. The summed E-state index contributed by atoms with van der Waals surface area (Å²) in [5, 5.41) is 0. The van der Waals surface area contributed by atoms with Crippen LogP contribution in [0.5, 0.6) is 11.5 Å². The first-order valence-electron chi connectivity index (χ1n) is 7.12.